The number of anilines is 1. The summed E-state index contributed by atoms with van der Waals surface area (Å²) >= 11 is 0. The predicted octanol–water partition coefficient (Wildman–Crippen LogP) is 3.19. The van der Waals surface area contributed by atoms with Gasteiger partial charge in [0.05, 0.1) is 6.54 Å². The topological polar surface area (TPSA) is 41.1 Å². The predicted molar refractivity (Wildman–Crippen MR) is 79.1 cm³/mol. The van der Waals surface area contributed by atoms with Crippen molar-refractivity contribution in [2.45, 2.75) is 39.0 Å². The Labute approximate surface area is 115 Å². The van der Waals surface area contributed by atoms with Gasteiger partial charge in [-0.25, -0.2) is 0 Å². The molecule has 0 heterocycles. The van der Waals surface area contributed by atoms with Crippen molar-refractivity contribution in [3.8, 4) is 0 Å². The summed E-state index contributed by atoms with van der Waals surface area (Å²) in [5, 5.41) is 6.19. The molecule has 1 saturated carbocycles. The van der Waals surface area contributed by atoms with Gasteiger partial charge in [-0.15, -0.1) is 0 Å². The molecule has 2 rings (SSSR count). The first-order valence-electron chi connectivity index (χ1n) is 7.24. The first-order chi connectivity index (χ1) is 9.18. The third kappa shape index (κ3) is 4.67. The van der Waals surface area contributed by atoms with Crippen LogP contribution in [0.2, 0.25) is 0 Å². The second-order valence-electron chi connectivity index (χ2n) is 5.89. The number of hydrogen-bond acceptors (Lipinski definition) is 2. The van der Waals surface area contributed by atoms with Crippen LogP contribution < -0.4 is 10.6 Å². The summed E-state index contributed by atoms with van der Waals surface area (Å²) in [5.74, 6) is 0.0330. The Kier molecular flexibility index (Phi) is 4.97. The summed E-state index contributed by atoms with van der Waals surface area (Å²) in [7, 11) is 0. The fourth-order valence-electron chi connectivity index (χ4n) is 2.79. The molecule has 0 saturated heterocycles. The molecule has 1 aliphatic carbocycles. The molecular formula is C16H24N2O. The molecule has 3 heteroatoms. The van der Waals surface area contributed by atoms with E-state index in [1.807, 2.05) is 30.3 Å². The molecule has 104 valence electrons. The van der Waals surface area contributed by atoms with Crippen LogP contribution in [0.25, 0.3) is 0 Å². The van der Waals surface area contributed by atoms with Gasteiger partial charge >= 0.3 is 0 Å². The number of amides is 1. The van der Waals surface area contributed by atoms with E-state index in [-0.39, 0.29) is 5.91 Å². The zero-order chi connectivity index (χ0) is 13.6. The summed E-state index contributed by atoms with van der Waals surface area (Å²) in [6.07, 6.45) is 6.58. The van der Waals surface area contributed by atoms with Crippen LogP contribution in [0.15, 0.2) is 30.3 Å². The van der Waals surface area contributed by atoms with Crippen LogP contribution in [0.4, 0.5) is 5.69 Å². The lowest BCUT2D eigenvalue weighted by atomic mass is 9.76. The van der Waals surface area contributed by atoms with Gasteiger partial charge in [0.1, 0.15) is 0 Å². The average molecular weight is 260 g/mol. The van der Waals surface area contributed by atoms with Crippen molar-refractivity contribution in [3.05, 3.63) is 30.3 Å². The van der Waals surface area contributed by atoms with Crippen molar-refractivity contribution in [2.24, 2.45) is 5.41 Å². The van der Waals surface area contributed by atoms with Gasteiger partial charge in [0.2, 0.25) is 5.91 Å². The van der Waals surface area contributed by atoms with E-state index in [1.54, 1.807) is 0 Å². The molecule has 0 bridgehead atoms. The van der Waals surface area contributed by atoms with E-state index >= 15 is 0 Å². The number of rotatable bonds is 5. The first-order valence-corrected chi connectivity index (χ1v) is 7.24. The van der Waals surface area contributed by atoms with Gasteiger partial charge in [-0.1, -0.05) is 44.4 Å². The molecule has 0 aliphatic heterocycles. The first kappa shape index (κ1) is 14.1. The molecular weight excluding hydrogens is 236 g/mol. The van der Waals surface area contributed by atoms with Crippen molar-refractivity contribution < 1.29 is 4.79 Å². The number of nitrogens with one attached hydrogen (secondary N) is 2. The number of carbonyl (C=O) groups excluding carboxylic acids is 1. The fraction of sp³-hybridized carbons (Fsp3) is 0.562. The maximum atomic E-state index is 11.8. The van der Waals surface area contributed by atoms with E-state index in [1.165, 1.54) is 32.1 Å². The Morgan fingerprint density at radius 3 is 2.53 bits per heavy atom. The Bertz CT molecular complexity index is 396. The normalized spacial score (nSPS) is 17.9. The standard InChI is InChI=1S/C16H24N2O/c1-16(10-6-3-7-11-16)13-17-12-15(19)18-14-8-4-2-5-9-14/h2,4-5,8-9,17H,3,6-7,10-13H2,1H3,(H,18,19). The van der Waals surface area contributed by atoms with Crippen molar-refractivity contribution >= 4 is 11.6 Å². The van der Waals surface area contributed by atoms with Crippen LogP contribution in [-0.4, -0.2) is 19.0 Å². The van der Waals surface area contributed by atoms with Crippen LogP contribution in [0.1, 0.15) is 39.0 Å². The number of para-hydroxylation sites is 1. The molecule has 0 spiro atoms. The number of carbonyl (C=O) groups is 1. The average Bonchev–Trinajstić information content (AvgIpc) is 2.40. The maximum Gasteiger partial charge on any atom is 0.238 e. The van der Waals surface area contributed by atoms with Crippen molar-refractivity contribution in [3.63, 3.8) is 0 Å². The number of benzene rings is 1. The minimum atomic E-state index is 0.0330. The van der Waals surface area contributed by atoms with Crippen LogP contribution >= 0.6 is 0 Å². The van der Waals surface area contributed by atoms with Crippen LogP contribution in [0.3, 0.4) is 0 Å². The molecule has 0 atom stereocenters. The summed E-state index contributed by atoms with van der Waals surface area (Å²) in [6.45, 7) is 3.66. The highest BCUT2D eigenvalue weighted by Crippen LogP contribution is 2.34. The van der Waals surface area contributed by atoms with Gasteiger partial charge in [-0.2, -0.15) is 0 Å². The second kappa shape index (κ2) is 6.71. The smallest absolute Gasteiger partial charge is 0.238 e. The monoisotopic (exact) mass is 260 g/mol. The van der Waals surface area contributed by atoms with Crippen LogP contribution in [-0.2, 0) is 4.79 Å². The van der Waals surface area contributed by atoms with E-state index < -0.39 is 0 Å². The number of hydrogen-bond donors (Lipinski definition) is 2. The van der Waals surface area contributed by atoms with E-state index in [4.69, 9.17) is 0 Å². The molecule has 1 fully saturated rings. The fourth-order valence-corrected chi connectivity index (χ4v) is 2.79. The molecule has 1 aliphatic rings. The Morgan fingerprint density at radius 1 is 1.16 bits per heavy atom. The lowest BCUT2D eigenvalue weighted by Crippen LogP contribution is -2.37. The second-order valence-corrected chi connectivity index (χ2v) is 5.89. The minimum absolute atomic E-state index is 0.0330. The lowest BCUT2D eigenvalue weighted by molar-refractivity contribution is -0.115. The summed E-state index contributed by atoms with van der Waals surface area (Å²) < 4.78 is 0. The Hall–Kier alpha value is -1.35. The molecule has 0 unspecified atom stereocenters. The molecule has 1 aromatic rings. The third-order valence-corrected chi connectivity index (χ3v) is 3.96. The van der Waals surface area contributed by atoms with E-state index in [2.05, 4.69) is 17.6 Å². The SMILES string of the molecule is CC1(CNCC(=O)Nc2ccccc2)CCCCC1. The van der Waals surface area contributed by atoms with E-state index in [9.17, 15) is 4.79 Å². The van der Waals surface area contributed by atoms with Gasteiger partial charge in [0.15, 0.2) is 0 Å². The Morgan fingerprint density at radius 2 is 1.84 bits per heavy atom. The Balaban J connectivity index is 1.69. The quantitative estimate of drug-likeness (QED) is 0.853. The molecule has 0 radical (unpaired) electrons. The highest BCUT2D eigenvalue weighted by atomic mass is 16.1. The molecule has 2 N–H and O–H groups in total. The van der Waals surface area contributed by atoms with Gasteiger partial charge in [0, 0.05) is 12.2 Å². The summed E-state index contributed by atoms with van der Waals surface area (Å²) in [4.78, 5) is 11.8. The van der Waals surface area contributed by atoms with Crippen molar-refractivity contribution in [2.75, 3.05) is 18.4 Å². The van der Waals surface area contributed by atoms with Crippen LogP contribution in [0.5, 0.6) is 0 Å². The molecule has 3 nitrogen and oxygen atoms in total. The lowest BCUT2D eigenvalue weighted by Gasteiger charge is -2.33. The zero-order valence-corrected chi connectivity index (χ0v) is 11.7. The van der Waals surface area contributed by atoms with Crippen molar-refractivity contribution in [1.29, 1.82) is 0 Å². The van der Waals surface area contributed by atoms with Gasteiger partial charge in [-0.05, 0) is 30.4 Å². The zero-order valence-electron chi connectivity index (χ0n) is 11.7. The van der Waals surface area contributed by atoms with Crippen molar-refractivity contribution in [1.82, 2.24) is 5.32 Å². The van der Waals surface area contributed by atoms with Gasteiger partial charge < -0.3 is 10.6 Å². The van der Waals surface area contributed by atoms with E-state index in [0.29, 0.717) is 12.0 Å². The minimum Gasteiger partial charge on any atom is -0.325 e. The van der Waals surface area contributed by atoms with Gasteiger partial charge in [-0.3, -0.25) is 4.79 Å². The molecule has 19 heavy (non-hydrogen) atoms. The highest BCUT2D eigenvalue weighted by molar-refractivity contribution is 5.92. The van der Waals surface area contributed by atoms with E-state index in [0.717, 1.165) is 12.2 Å². The molecule has 1 aromatic carbocycles. The largest absolute Gasteiger partial charge is 0.325 e. The third-order valence-electron chi connectivity index (χ3n) is 3.96. The summed E-state index contributed by atoms with van der Waals surface area (Å²) in [6, 6.07) is 9.59. The maximum absolute atomic E-state index is 11.8. The van der Waals surface area contributed by atoms with Gasteiger partial charge in [0.25, 0.3) is 0 Å². The summed E-state index contributed by atoms with van der Waals surface area (Å²) in [5.41, 5.74) is 1.24. The highest BCUT2D eigenvalue weighted by Gasteiger charge is 2.26. The molecule has 0 aromatic heterocycles. The van der Waals surface area contributed by atoms with Crippen LogP contribution in [0, 0.1) is 5.41 Å². The molecule has 1 amide bonds.